The van der Waals surface area contributed by atoms with Gasteiger partial charge in [-0.1, -0.05) is 19.9 Å². The zero-order chi connectivity index (χ0) is 15.3. The summed E-state index contributed by atoms with van der Waals surface area (Å²) in [6.45, 7) is 9.07. The van der Waals surface area contributed by atoms with E-state index in [2.05, 4.69) is 50.8 Å². The van der Waals surface area contributed by atoms with Crippen LogP contribution >= 0.6 is 0 Å². The number of sulfone groups is 1. The lowest BCUT2D eigenvalue weighted by molar-refractivity contribution is 0.560. The van der Waals surface area contributed by atoms with Crippen molar-refractivity contribution < 1.29 is 8.42 Å². The van der Waals surface area contributed by atoms with Gasteiger partial charge in [-0.15, -0.1) is 0 Å². The van der Waals surface area contributed by atoms with E-state index in [0.29, 0.717) is 12.6 Å². The minimum atomic E-state index is -2.94. The van der Waals surface area contributed by atoms with Crippen molar-refractivity contribution in [2.24, 2.45) is 0 Å². The monoisotopic (exact) mass is 297 g/mol. The van der Waals surface area contributed by atoms with Crippen molar-refractivity contribution >= 4 is 15.5 Å². The molecule has 0 unspecified atom stereocenters. The Morgan fingerprint density at radius 3 is 2.15 bits per heavy atom. The summed E-state index contributed by atoms with van der Waals surface area (Å²) in [5.41, 5.74) is 3.64. The third-order valence-corrected chi connectivity index (χ3v) is 4.83. The fraction of sp³-hybridized carbons (Fsp3) is 0.625. The molecule has 1 aromatic carbocycles. The van der Waals surface area contributed by atoms with E-state index >= 15 is 0 Å². The van der Waals surface area contributed by atoms with Crippen LogP contribution in [-0.2, 0) is 9.84 Å². The molecule has 0 spiro atoms. The molecule has 1 rings (SSSR count). The summed E-state index contributed by atoms with van der Waals surface area (Å²) in [6, 6.07) is 6.76. The number of anilines is 1. The molecule has 0 saturated carbocycles. The normalized spacial score (nSPS) is 11.9. The summed E-state index contributed by atoms with van der Waals surface area (Å²) < 4.78 is 22.9. The maximum absolute atomic E-state index is 11.5. The molecule has 3 nitrogen and oxygen atoms in total. The molecule has 0 heterocycles. The number of hydrogen-bond acceptors (Lipinski definition) is 3. The van der Waals surface area contributed by atoms with Crippen LogP contribution in [0.3, 0.4) is 0 Å². The quantitative estimate of drug-likeness (QED) is 0.774. The first-order valence-corrected chi connectivity index (χ1v) is 9.36. The highest BCUT2D eigenvalue weighted by molar-refractivity contribution is 7.90. The number of benzene rings is 1. The molecule has 0 aromatic heterocycles. The summed E-state index contributed by atoms with van der Waals surface area (Å²) in [5.74, 6) is 0.205. The Bertz CT molecular complexity index is 533. The van der Waals surface area contributed by atoms with Gasteiger partial charge in [0.05, 0.1) is 5.75 Å². The van der Waals surface area contributed by atoms with E-state index in [9.17, 15) is 8.42 Å². The van der Waals surface area contributed by atoms with E-state index in [4.69, 9.17) is 0 Å². The van der Waals surface area contributed by atoms with Gasteiger partial charge in [-0.25, -0.2) is 8.42 Å². The van der Waals surface area contributed by atoms with Crippen LogP contribution in [0.1, 0.15) is 37.8 Å². The van der Waals surface area contributed by atoms with E-state index in [1.54, 1.807) is 0 Å². The second-order valence-corrected chi connectivity index (χ2v) is 7.82. The highest BCUT2D eigenvalue weighted by Gasteiger charge is 2.18. The molecule has 0 amide bonds. The Balaban J connectivity index is 3.05. The SMILES string of the molecule is CCC(CC)N(CCS(C)(=O)=O)c1ccc(C)c(C)c1. The lowest BCUT2D eigenvalue weighted by Crippen LogP contribution is -2.38. The van der Waals surface area contributed by atoms with Crippen molar-refractivity contribution in [3.8, 4) is 0 Å². The maximum Gasteiger partial charge on any atom is 0.149 e. The van der Waals surface area contributed by atoms with E-state index in [1.165, 1.54) is 17.4 Å². The van der Waals surface area contributed by atoms with E-state index < -0.39 is 9.84 Å². The summed E-state index contributed by atoms with van der Waals surface area (Å²) in [6.07, 6.45) is 3.35. The lowest BCUT2D eigenvalue weighted by atomic mass is 10.1. The van der Waals surface area contributed by atoms with E-state index in [-0.39, 0.29) is 5.75 Å². The highest BCUT2D eigenvalue weighted by Crippen LogP contribution is 2.23. The van der Waals surface area contributed by atoms with Gasteiger partial charge in [0, 0.05) is 24.5 Å². The van der Waals surface area contributed by atoms with Crippen LogP contribution in [0.2, 0.25) is 0 Å². The molecule has 0 fully saturated rings. The maximum atomic E-state index is 11.5. The van der Waals surface area contributed by atoms with Crippen molar-refractivity contribution in [3.63, 3.8) is 0 Å². The van der Waals surface area contributed by atoms with Crippen molar-refractivity contribution in [1.29, 1.82) is 0 Å². The standard InChI is InChI=1S/C16H27NO2S/c1-6-15(7-2)17(10-11-20(5,18)19)16-9-8-13(3)14(4)12-16/h8-9,12,15H,6-7,10-11H2,1-5H3. The first-order chi connectivity index (χ1) is 9.28. The van der Waals surface area contributed by atoms with Gasteiger partial charge in [-0.05, 0) is 49.9 Å². The van der Waals surface area contributed by atoms with Gasteiger partial charge in [0.1, 0.15) is 9.84 Å². The molecule has 0 aliphatic rings. The predicted octanol–water partition coefficient (Wildman–Crippen LogP) is 3.34. The largest absolute Gasteiger partial charge is 0.368 e. The van der Waals surface area contributed by atoms with Gasteiger partial charge < -0.3 is 4.90 Å². The van der Waals surface area contributed by atoms with Crippen molar-refractivity contribution in [2.45, 2.75) is 46.6 Å². The molecule has 0 bridgehead atoms. The van der Waals surface area contributed by atoms with Gasteiger partial charge in [-0.3, -0.25) is 0 Å². The fourth-order valence-electron chi connectivity index (χ4n) is 2.42. The van der Waals surface area contributed by atoms with Gasteiger partial charge in [0.25, 0.3) is 0 Å². The Labute approximate surface area is 123 Å². The minimum Gasteiger partial charge on any atom is -0.368 e. The minimum absolute atomic E-state index is 0.205. The lowest BCUT2D eigenvalue weighted by Gasteiger charge is -2.33. The number of nitrogens with zero attached hydrogens (tertiary/aromatic N) is 1. The molecule has 114 valence electrons. The molecular formula is C16H27NO2S. The number of rotatable bonds is 7. The molecule has 0 atom stereocenters. The van der Waals surface area contributed by atoms with Crippen LogP contribution in [0.25, 0.3) is 0 Å². The first kappa shape index (κ1) is 17.0. The summed E-state index contributed by atoms with van der Waals surface area (Å²) >= 11 is 0. The van der Waals surface area contributed by atoms with Crippen LogP contribution < -0.4 is 4.90 Å². The Morgan fingerprint density at radius 1 is 1.10 bits per heavy atom. The van der Waals surface area contributed by atoms with Gasteiger partial charge in [-0.2, -0.15) is 0 Å². The highest BCUT2D eigenvalue weighted by atomic mass is 32.2. The Kier molecular flexibility index (Phi) is 6.06. The van der Waals surface area contributed by atoms with E-state index in [0.717, 1.165) is 18.5 Å². The average Bonchev–Trinajstić information content (AvgIpc) is 2.37. The second-order valence-electron chi connectivity index (χ2n) is 5.56. The zero-order valence-electron chi connectivity index (χ0n) is 13.3. The van der Waals surface area contributed by atoms with Crippen LogP contribution in [0.5, 0.6) is 0 Å². The molecule has 0 aliphatic heterocycles. The molecule has 0 radical (unpaired) electrons. The van der Waals surface area contributed by atoms with Crippen molar-refractivity contribution in [3.05, 3.63) is 29.3 Å². The fourth-order valence-corrected chi connectivity index (χ4v) is 2.95. The van der Waals surface area contributed by atoms with Crippen LogP contribution in [0.4, 0.5) is 5.69 Å². The predicted molar refractivity (Wildman–Crippen MR) is 87.3 cm³/mol. The summed E-state index contributed by atoms with van der Waals surface area (Å²) in [4.78, 5) is 2.24. The second kappa shape index (κ2) is 7.11. The van der Waals surface area contributed by atoms with Crippen LogP contribution in [-0.4, -0.2) is 33.0 Å². The number of hydrogen-bond donors (Lipinski definition) is 0. The molecule has 0 saturated heterocycles. The van der Waals surface area contributed by atoms with Crippen molar-refractivity contribution in [2.75, 3.05) is 23.5 Å². The first-order valence-electron chi connectivity index (χ1n) is 7.30. The van der Waals surface area contributed by atoms with Gasteiger partial charge >= 0.3 is 0 Å². The molecule has 4 heteroatoms. The Hall–Kier alpha value is -1.03. The third kappa shape index (κ3) is 4.82. The molecule has 1 aromatic rings. The number of aryl methyl sites for hydroxylation is 2. The average molecular weight is 297 g/mol. The van der Waals surface area contributed by atoms with Gasteiger partial charge in [0.15, 0.2) is 0 Å². The summed E-state index contributed by atoms with van der Waals surface area (Å²) in [5, 5.41) is 0. The van der Waals surface area contributed by atoms with Gasteiger partial charge in [0.2, 0.25) is 0 Å². The van der Waals surface area contributed by atoms with Crippen LogP contribution in [0, 0.1) is 13.8 Å². The molecule has 0 N–H and O–H groups in total. The molecule has 0 aliphatic carbocycles. The van der Waals surface area contributed by atoms with Crippen molar-refractivity contribution in [1.82, 2.24) is 0 Å². The van der Waals surface area contributed by atoms with Crippen LogP contribution in [0.15, 0.2) is 18.2 Å². The summed E-state index contributed by atoms with van der Waals surface area (Å²) in [7, 11) is -2.94. The third-order valence-electron chi connectivity index (χ3n) is 3.91. The smallest absolute Gasteiger partial charge is 0.149 e. The topological polar surface area (TPSA) is 37.4 Å². The van der Waals surface area contributed by atoms with E-state index in [1.807, 2.05) is 0 Å². The molecular weight excluding hydrogens is 270 g/mol. The molecule has 20 heavy (non-hydrogen) atoms. The zero-order valence-corrected chi connectivity index (χ0v) is 14.1. The Morgan fingerprint density at radius 2 is 1.70 bits per heavy atom.